The molecule has 1 aromatic rings. The van der Waals surface area contributed by atoms with E-state index < -0.39 is 0 Å². The zero-order valence-electron chi connectivity index (χ0n) is 16.5. The second kappa shape index (κ2) is 7.72. The molecule has 0 N–H and O–H groups in total. The van der Waals surface area contributed by atoms with Crippen molar-refractivity contribution in [3.63, 3.8) is 0 Å². The summed E-state index contributed by atoms with van der Waals surface area (Å²) in [6.45, 7) is 8.16. The van der Waals surface area contributed by atoms with E-state index in [1.807, 2.05) is 0 Å². The van der Waals surface area contributed by atoms with Gasteiger partial charge in [-0.05, 0) is 75.8 Å². The molecule has 1 saturated carbocycles. The summed E-state index contributed by atoms with van der Waals surface area (Å²) >= 11 is 0. The van der Waals surface area contributed by atoms with Crippen molar-refractivity contribution in [2.24, 2.45) is 5.92 Å². The first-order chi connectivity index (χ1) is 12.6. The fourth-order valence-electron chi connectivity index (χ4n) is 5.40. The lowest BCUT2D eigenvalue weighted by Gasteiger charge is -2.28. The molecular weight excluding hydrogens is 320 g/mol. The second-order valence-electron chi connectivity index (χ2n) is 8.85. The fourth-order valence-corrected chi connectivity index (χ4v) is 5.40. The van der Waals surface area contributed by atoms with Gasteiger partial charge in [0.05, 0.1) is 0 Å². The molecule has 4 rings (SSSR count). The topological polar surface area (TPSA) is 23.6 Å². The number of Topliss-reactive ketones (excluding diaryl/α,β-unsaturated/α-hetero) is 1. The van der Waals surface area contributed by atoms with E-state index in [2.05, 4.69) is 41.8 Å². The van der Waals surface area contributed by atoms with Crippen molar-refractivity contribution in [3.05, 3.63) is 29.3 Å². The third-order valence-corrected chi connectivity index (χ3v) is 7.10. The Labute approximate surface area is 158 Å². The van der Waals surface area contributed by atoms with Gasteiger partial charge < -0.3 is 4.90 Å². The van der Waals surface area contributed by atoms with Gasteiger partial charge in [-0.1, -0.05) is 18.9 Å². The summed E-state index contributed by atoms with van der Waals surface area (Å²) in [5.41, 5.74) is 3.86. The van der Waals surface area contributed by atoms with Crippen LogP contribution < -0.4 is 4.90 Å². The van der Waals surface area contributed by atoms with Crippen LogP contribution in [0.4, 0.5) is 5.69 Å². The van der Waals surface area contributed by atoms with Gasteiger partial charge in [0.1, 0.15) is 5.78 Å². The molecular formula is C23H34N2O. The van der Waals surface area contributed by atoms with Crippen molar-refractivity contribution < 1.29 is 4.79 Å². The predicted molar refractivity (Wildman–Crippen MR) is 108 cm³/mol. The van der Waals surface area contributed by atoms with Crippen LogP contribution in [0.3, 0.4) is 0 Å². The number of anilines is 1. The van der Waals surface area contributed by atoms with E-state index in [1.165, 1.54) is 55.5 Å². The van der Waals surface area contributed by atoms with Crippen molar-refractivity contribution in [1.29, 1.82) is 0 Å². The highest BCUT2D eigenvalue weighted by atomic mass is 16.1. The molecule has 0 amide bonds. The highest BCUT2D eigenvalue weighted by Gasteiger charge is 2.33. The Morgan fingerprint density at radius 2 is 1.88 bits per heavy atom. The van der Waals surface area contributed by atoms with Crippen LogP contribution in [0.15, 0.2) is 18.2 Å². The van der Waals surface area contributed by atoms with E-state index in [0.717, 1.165) is 38.0 Å². The molecule has 0 aromatic heterocycles. The Balaban J connectivity index is 1.39. The van der Waals surface area contributed by atoms with E-state index in [-0.39, 0.29) is 0 Å². The molecule has 0 unspecified atom stereocenters. The molecule has 3 nitrogen and oxygen atoms in total. The maximum absolute atomic E-state index is 12.5. The summed E-state index contributed by atoms with van der Waals surface area (Å²) < 4.78 is 0. The molecule has 3 aliphatic rings. The van der Waals surface area contributed by atoms with Gasteiger partial charge in [-0.15, -0.1) is 0 Å². The van der Waals surface area contributed by atoms with E-state index in [4.69, 9.17) is 0 Å². The van der Waals surface area contributed by atoms with Crippen LogP contribution in [0.5, 0.6) is 0 Å². The largest absolute Gasteiger partial charge is 0.370 e. The molecule has 2 atom stereocenters. The van der Waals surface area contributed by atoms with E-state index in [0.29, 0.717) is 18.1 Å². The molecule has 3 heteroatoms. The van der Waals surface area contributed by atoms with Crippen LogP contribution in [-0.2, 0) is 11.2 Å². The monoisotopic (exact) mass is 354 g/mol. The summed E-state index contributed by atoms with van der Waals surface area (Å²) in [6.07, 6.45) is 9.33. The summed E-state index contributed by atoms with van der Waals surface area (Å²) in [5, 5.41) is 0. The number of likely N-dealkylation sites (tertiary alicyclic amines) is 1. The lowest BCUT2D eigenvalue weighted by Crippen LogP contribution is -2.39. The average Bonchev–Trinajstić information content (AvgIpc) is 3.37. The number of rotatable bonds is 5. The highest BCUT2D eigenvalue weighted by Crippen LogP contribution is 2.30. The Kier molecular flexibility index (Phi) is 5.35. The third kappa shape index (κ3) is 3.69. The van der Waals surface area contributed by atoms with Crippen LogP contribution >= 0.6 is 0 Å². The van der Waals surface area contributed by atoms with E-state index >= 15 is 0 Å². The minimum absolute atomic E-state index is 0.330. The molecule has 142 valence electrons. The zero-order chi connectivity index (χ0) is 18.1. The molecule has 26 heavy (non-hydrogen) atoms. The van der Waals surface area contributed by atoms with Gasteiger partial charge in [-0.3, -0.25) is 9.69 Å². The number of benzene rings is 1. The van der Waals surface area contributed by atoms with Crippen molar-refractivity contribution in [1.82, 2.24) is 4.90 Å². The smallest absolute Gasteiger partial charge is 0.140 e. The fraction of sp³-hybridized carbons (Fsp3) is 0.696. The molecule has 2 saturated heterocycles. The number of hydrogen-bond acceptors (Lipinski definition) is 3. The Morgan fingerprint density at radius 3 is 2.58 bits per heavy atom. The SMILES string of the molecule is Cc1cc(N2CC[C@H](N3CCC[C@@H]3C)C2)ccc1CC(=O)C1CCCC1. The van der Waals surface area contributed by atoms with E-state index in [1.54, 1.807) is 0 Å². The molecule has 0 bridgehead atoms. The van der Waals surface area contributed by atoms with Gasteiger partial charge in [0.15, 0.2) is 0 Å². The van der Waals surface area contributed by atoms with Crippen molar-refractivity contribution >= 4 is 11.5 Å². The number of aryl methyl sites for hydroxylation is 1. The molecule has 1 aliphatic carbocycles. The Bertz CT molecular complexity index is 650. The quantitative estimate of drug-likeness (QED) is 0.785. The van der Waals surface area contributed by atoms with Gasteiger partial charge in [-0.25, -0.2) is 0 Å². The van der Waals surface area contributed by atoms with Crippen LogP contribution in [0.2, 0.25) is 0 Å². The van der Waals surface area contributed by atoms with Crippen LogP contribution in [0, 0.1) is 12.8 Å². The first kappa shape index (κ1) is 18.0. The van der Waals surface area contributed by atoms with Gasteiger partial charge in [-0.2, -0.15) is 0 Å². The predicted octanol–water partition coefficient (Wildman–Crippen LogP) is 4.36. The molecule has 3 fully saturated rings. The van der Waals surface area contributed by atoms with Crippen LogP contribution in [0.1, 0.15) is 63.0 Å². The first-order valence-electron chi connectivity index (χ1n) is 10.7. The lowest BCUT2D eigenvalue weighted by molar-refractivity contribution is -0.122. The first-order valence-corrected chi connectivity index (χ1v) is 10.7. The number of carbonyl (C=O) groups is 1. The summed E-state index contributed by atoms with van der Waals surface area (Å²) in [6, 6.07) is 8.25. The van der Waals surface area contributed by atoms with Gasteiger partial charge in [0.2, 0.25) is 0 Å². The molecule has 2 aliphatic heterocycles. The lowest BCUT2D eigenvalue weighted by atomic mass is 9.94. The maximum Gasteiger partial charge on any atom is 0.140 e. The summed E-state index contributed by atoms with van der Waals surface area (Å²) in [5.74, 6) is 0.790. The van der Waals surface area contributed by atoms with Gasteiger partial charge >= 0.3 is 0 Å². The maximum atomic E-state index is 12.5. The van der Waals surface area contributed by atoms with Crippen molar-refractivity contribution in [3.8, 4) is 0 Å². The van der Waals surface area contributed by atoms with Gasteiger partial charge in [0, 0.05) is 43.2 Å². The summed E-state index contributed by atoms with van der Waals surface area (Å²) in [4.78, 5) is 17.8. The zero-order valence-corrected chi connectivity index (χ0v) is 16.5. The second-order valence-corrected chi connectivity index (χ2v) is 8.85. The number of ketones is 1. The van der Waals surface area contributed by atoms with Crippen LogP contribution in [0.25, 0.3) is 0 Å². The van der Waals surface area contributed by atoms with Crippen molar-refractivity contribution in [2.75, 3.05) is 24.5 Å². The van der Waals surface area contributed by atoms with E-state index in [9.17, 15) is 4.79 Å². The molecule has 0 spiro atoms. The highest BCUT2D eigenvalue weighted by molar-refractivity contribution is 5.84. The number of carbonyl (C=O) groups excluding carboxylic acids is 1. The number of hydrogen-bond donors (Lipinski definition) is 0. The summed E-state index contributed by atoms with van der Waals surface area (Å²) in [7, 11) is 0. The molecule has 0 radical (unpaired) electrons. The van der Waals surface area contributed by atoms with Gasteiger partial charge in [0.25, 0.3) is 0 Å². The molecule has 1 aromatic carbocycles. The molecule has 2 heterocycles. The Morgan fingerprint density at radius 1 is 1.08 bits per heavy atom. The Hall–Kier alpha value is -1.35. The standard InChI is InChI=1S/C23H34N2O/c1-17-14-21(10-9-20(17)15-23(26)19-7-3-4-8-19)24-13-11-22(16-24)25-12-5-6-18(25)2/h9-10,14,18-19,22H,3-8,11-13,15-16H2,1-2H3/t18-,22-/m0/s1. The van der Waals surface area contributed by atoms with Crippen molar-refractivity contribution in [2.45, 2.75) is 77.3 Å². The van der Waals surface area contributed by atoms with Crippen LogP contribution in [-0.4, -0.2) is 42.4 Å². The average molecular weight is 355 g/mol. The normalized spacial score (nSPS) is 27.5. The minimum Gasteiger partial charge on any atom is -0.370 e. The minimum atomic E-state index is 0.330. The third-order valence-electron chi connectivity index (χ3n) is 7.10. The number of nitrogens with zero attached hydrogens (tertiary/aromatic N) is 2.